The number of carbonyl (C=O) groups excluding carboxylic acids is 2. The molecule has 0 fully saturated rings. The molecule has 0 aromatic carbocycles. The number of carboxylic acid groups (broad SMARTS) is 1. The summed E-state index contributed by atoms with van der Waals surface area (Å²) in [4.78, 5) is 46.1. The Morgan fingerprint density at radius 1 is 1.37 bits per heavy atom. The molecular weight excluding hydrogens is 258 g/mol. The molecule has 0 saturated carbocycles. The van der Waals surface area contributed by atoms with E-state index in [4.69, 9.17) is 15.9 Å². The average molecular weight is 269 g/mol. The van der Waals surface area contributed by atoms with Crippen LogP contribution in [0.25, 0.3) is 0 Å². The summed E-state index contributed by atoms with van der Waals surface area (Å²) < 4.78 is 0. The topological polar surface area (TPSA) is 163 Å². The van der Waals surface area contributed by atoms with Gasteiger partial charge >= 0.3 is 5.97 Å². The van der Waals surface area contributed by atoms with Crippen molar-refractivity contribution in [3.8, 4) is 5.88 Å². The summed E-state index contributed by atoms with van der Waals surface area (Å²) in [7, 11) is 0. The van der Waals surface area contributed by atoms with E-state index in [1.807, 2.05) is 10.3 Å². The molecule has 0 radical (unpaired) electrons. The largest absolute Gasteiger partial charge is 0.494 e. The predicted molar refractivity (Wildman–Crippen MR) is 61.4 cm³/mol. The van der Waals surface area contributed by atoms with Crippen molar-refractivity contribution >= 4 is 17.8 Å². The number of primary amides is 1. The van der Waals surface area contributed by atoms with Crippen LogP contribution in [0.1, 0.15) is 16.8 Å². The van der Waals surface area contributed by atoms with Crippen LogP contribution in [0, 0.1) is 0 Å². The number of rotatable bonds is 5. The minimum Gasteiger partial charge on any atom is -0.494 e. The van der Waals surface area contributed by atoms with Crippen molar-refractivity contribution in [2.24, 2.45) is 5.73 Å². The second-order valence-corrected chi connectivity index (χ2v) is 3.65. The van der Waals surface area contributed by atoms with E-state index in [1.165, 1.54) is 0 Å². The lowest BCUT2D eigenvalue weighted by Gasteiger charge is -2.12. The van der Waals surface area contributed by atoms with Crippen molar-refractivity contribution < 1.29 is 24.6 Å². The lowest BCUT2D eigenvalue weighted by Crippen LogP contribution is -2.43. The molecule has 1 atom stereocenters. The molecule has 0 bridgehead atoms. The molecule has 0 aliphatic heterocycles. The van der Waals surface area contributed by atoms with Crippen LogP contribution in [-0.2, 0) is 9.59 Å². The monoisotopic (exact) mass is 269 g/mol. The van der Waals surface area contributed by atoms with Crippen LogP contribution in [0.2, 0.25) is 0 Å². The smallest absolute Gasteiger partial charge is 0.326 e. The Morgan fingerprint density at radius 2 is 2.00 bits per heavy atom. The Labute approximate surface area is 106 Å². The molecule has 0 aliphatic carbocycles. The molecule has 9 heteroatoms. The summed E-state index contributed by atoms with van der Waals surface area (Å²) in [5, 5.41) is 19.9. The number of nitrogens with one attached hydrogen (secondary N) is 2. The first kappa shape index (κ1) is 14.2. The summed E-state index contributed by atoms with van der Waals surface area (Å²) in [6, 6.07) is 0.310. The molecule has 102 valence electrons. The molecular formula is C10H11N3O6. The lowest BCUT2D eigenvalue weighted by molar-refractivity contribution is -0.140. The highest BCUT2D eigenvalue weighted by atomic mass is 16.4. The lowest BCUT2D eigenvalue weighted by atomic mass is 10.1. The number of carbonyl (C=O) groups is 3. The number of hydrogen-bond donors (Lipinski definition) is 5. The van der Waals surface area contributed by atoms with Gasteiger partial charge in [-0.25, -0.2) is 4.79 Å². The number of hydrogen-bond acceptors (Lipinski definition) is 5. The van der Waals surface area contributed by atoms with E-state index in [-0.39, 0.29) is 5.56 Å². The quantitative estimate of drug-likeness (QED) is 0.420. The molecule has 1 rings (SSSR count). The van der Waals surface area contributed by atoms with Gasteiger partial charge in [-0.15, -0.1) is 0 Å². The van der Waals surface area contributed by atoms with E-state index in [1.54, 1.807) is 0 Å². The number of nitrogens with two attached hydrogens (primary N) is 1. The Balaban J connectivity index is 2.90. The van der Waals surface area contributed by atoms with Gasteiger partial charge in [0, 0.05) is 12.1 Å². The van der Waals surface area contributed by atoms with Gasteiger partial charge in [-0.1, -0.05) is 0 Å². The highest BCUT2D eigenvalue weighted by molar-refractivity contribution is 5.97. The first-order chi connectivity index (χ1) is 8.79. The number of aromatic nitrogens is 1. The van der Waals surface area contributed by atoms with Gasteiger partial charge in [0.25, 0.3) is 11.5 Å². The maximum Gasteiger partial charge on any atom is 0.326 e. The van der Waals surface area contributed by atoms with E-state index >= 15 is 0 Å². The second kappa shape index (κ2) is 5.67. The number of aromatic amines is 1. The zero-order valence-corrected chi connectivity index (χ0v) is 9.54. The number of aliphatic carboxylic acids is 1. The van der Waals surface area contributed by atoms with Crippen molar-refractivity contribution in [2.45, 2.75) is 12.5 Å². The Kier molecular flexibility index (Phi) is 4.24. The van der Waals surface area contributed by atoms with Gasteiger partial charge in [0.15, 0.2) is 5.88 Å². The summed E-state index contributed by atoms with van der Waals surface area (Å²) in [5.41, 5.74) is 3.88. The number of aromatic hydroxyl groups is 1. The van der Waals surface area contributed by atoms with Crippen LogP contribution < -0.4 is 16.6 Å². The molecule has 1 heterocycles. The number of pyridine rings is 1. The highest BCUT2D eigenvalue weighted by Gasteiger charge is 2.23. The SMILES string of the molecule is NC(=O)CC(NC(=O)c1cc(O)[nH]c(=O)c1)C(=O)O. The maximum atomic E-state index is 11.7. The fourth-order valence-corrected chi connectivity index (χ4v) is 1.30. The van der Waals surface area contributed by atoms with Gasteiger partial charge < -0.3 is 21.3 Å². The molecule has 2 amide bonds. The Bertz CT molecular complexity index is 579. The van der Waals surface area contributed by atoms with Crippen molar-refractivity contribution in [3.05, 3.63) is 28.0 Å². The van der Waals surface area contributed by atoms with Crippen LogP contribution in [0.3, 0.4) is 0 Å². The third-order valence-electron chi connectivity index (χ3n) is 2.10. The molecule has 19 heavy (non-hydrogen) atoms. The third-order valence-corrected chi connectivity index (χ3v) is 2.10. The van der Waals surface area contributed by atoms with Gasteiger partial charge in [0.2, 0.25) is 5.91 Å². The number of carboxylic acids is 1. The number of H-pyrrole nitrogens is 1. The minimum absolute atomic E-state index is 0.239. The summed E-state index contributed by atoms with van der Waals surface area (Å²) in [6.45, 7) is 0. The van der Waals surface area contributed by atoms with Gasteiger partial charge in [-0.3, -0.25) is 19.4 Å². The van der Waals surface area contributed by atoms with Crippen molar-refractivity contribution in [3.63, 3.8) is 0 Å². The first-order valence-corrected chi connectivity index (χ1v) is 5.05. The van der Waals surface area contributed by atoms with E-state index in [9.17, 15) is 19.2 Å². The Morgan fingerprint density at radius 3 is 2.47 bits per heavy atom. The third kappa shape index (κ3) is 4.15. The van der Waals surface area contributed by atoms with Crippen LogP contribution in [0.5, 0.6) is 5.88 Å². The summed E-state index contributed by atoms with van der Waals surface area (Å²) in [6.07, 6.45) is -0.587. The fraction of sp³-hybridized carbons (Fsp3) is 0.200. The fourth-order valence-electron chi connectivity index (χ4n) is 1.30. The summed E-state index contributed by atoms with van der Waals surface area (Å²) in [5.74, 6) is -3.81. The van der Waals surface area contributed by atoms with Crippen molar-refractivity contribution in [1.29, 1.82) is 0 Å². The van der Waals surface area contributed by atoms with Crippen LogP contribution in [0.15, 0.2) is 16.9 Å². The molecule has 0 spiro atoms. The molecule has 9 nitrogen and oxygen atoms in total. The number of amides is 2. The van der Waals surface area contributed by atoms with Gasteiger partial charge in [0.05, 0.1) is 12.0 Å². The maximum absolute atomic E-state index is 11.7. The van der Waals surface area contributed by atoms with E-state index in [0.29, 0.717) is 0 Å². The summed E-state index contributed by atoms with van der Waals surface area (Å²) >= 11 is 0. The predicted octanol–water partition coefficient (Wildman–Crippen LogP) is -1.86. The normalized spacial score (nSPS) is 11.6. The van der Waals surface area contributed by atoms with Crippen molar-refractivity contribution in [1.82, 2.24) is 10.3 Å². The van der Waals surface area contributed by atoms with E-state index in [2.05, 4.69) is 0 Å². The highest BCUT2D eigenvalue weighted by Crippen LogP contribution is 2.05. The molecule has 0 saturated heterocycles. The zero-order chi connectivity index (χ0) is 14.6. The standard InChI is InChI=1S/C10H11N3O6/c11-6(14)3-5(10(18)19)12-9(17)4-1-7(15)13-8(16)2-4/h1-2,5H,3H2,(H2,11,14)(H,12,17)(H,18,19)(H2,13,15,16). The first-order valence-electron chi connectivity index (χ1n) is 5.05. The average Bonchev–Trinajstić information content (AvgIpc) is 2.25. The Hall–Kier alpha value is -2.84. The molecule has 0 aliphatic rings. The van der Waals surface area contributed by atoms with Crippen LogP contribution >= 0.6 is 0 Å². The van der Waals surface area contributed by atoms with Crippen LogP contribution in [-0.4, -0.2) is 39.0 Å². The minimum atomic E-state index is -1.51. The van der Waals surface area contributed by atoms with E-state index in [0.717, 1.165) is 12.1 Å². The van der Waals surface area contributed by atoms with Gasteiger partial charge in [-0.05, 0) is 0 Å². The second-order valence-electron chi connectivity index (χ2n) is 3.65. The van der Waals surface area contributed by atoms with Crippen molar-refractivity contribution in [2.75, 3.05) is 0 Å². The van der Waals surface area contributed by atoms with Crippen LogP contribution in [0.4, 0.5) is 0 Å². The zero-order valence-electron chi connectivity index (χ0n) is 9.54. The van der Waals surface area contributed by atoms with Gasteiger partial charge in [0.1, 0.15) is 6.04 Å². The molecule has 1 unspecified atom stereocenters. The molecule has 6 N–H and O–H groups in total. The molecule has 1 aromatic heterocycles. The molecule has 1 aromatic rings. The van der Waals surface area contributed by atoms with E-state index < -0.39 is 41.7 Å². The van der Waals surface area contributed by atoms with Gasteiger partial charge in [-0.2, -0.15) is 0 Å².